The monoisotopic (exact) mass is 378 g/mol. The van der Waals surface area contributed by atoms with Gasteiger partial charge in [-0.3, -0.25) is 9.59 Å². The van der Waals surface area contributed by atoms with Gasteiger partial charge in [-0.15, -0.1) is 0 Å². The van der Waals surface area contributed by atoms with Crippen molar-refractivity contribution < 1.29 is 19.1 Å². The summed E-state index contributed by atoms with van der Waals surface area (Å²) >= 11 is 0. The highest BCUT2D eigenvalue weighted by molar-refractivity contribution is 6.32. The van der Waals surface area contributed by atoms with E-state index in [1.54, 1.807) is 12.1 Å². The second-order valence-corrected chi connectivity index (χ2v) is 7.26. The third kappa shape index (κ3) is 2.72. The number of anilines is 2. The lowest BCUT2D eigenvalue weighted by Crippen LogP contribution is -2.40. The Labute approximate surface area is 163 Å². The molecule has 5 rings (SSSR count). The fourth-order valence-corrected chi connectivity index (χ4v) is 4.32. The zero-order valence-electron chi connectivity index (χ0n) is 15.6. The highest BCUT2D eigenvalue weighted by atomic mass is 16.5. The predicted molar refractivity (Wildman–Crippen MR) is 106 cm³/mol. The van der Waals surface area contributed by atoms with Crippen molar-refractivity contribution in [1.29, 1.82) is 0 Å². The van der Waals surface area contributed by atoms with E-state index in [-0.39, 0.29) is 11.6 Å². The Bertz CT molecular complexity index is 868. The van der Waals surface area contributed by atoms with Crippen LogP contribution in [0.2, 0.25) is 0 Å². The Balaban J connectivity index is 1.71. The van der Waals surface area contributed by atoms with Gasteiger partial charge in [0.15, 0.2) is 11.6 Å². The Kier molecular flexibility index (Phi) is 4.37. The maximum absolute atomic E-state index is 13.5. The number of ketones is 2. The first-order valence-corrected chi connectivity index (χ1v) is 9.76. The molecule has 0 saturated carbocycles. The van der Waals surface area contributed by atoms with E-state index >= 15 is 0 Å². The second kappa shape index (κ2) is 7.04. The Morgan fingerprint density at radius 2 is 1.00 bits per heavy atom. The van der Waals surface area contributed by atoms with Crippen molar-refractivity contribution in [2.24, 2.45) is 0 Å². The average molecular weight is 378 g/mol. The molecule has 0 N–H and O–H groups in total. The molecular formula is C22H22N2O4. The minimum Gasteiger partial charge on any atom is -0.378 e. The molecule has 28 heavy (non-hydrogen) atoms. The lowest BCUT2D eigenvalue weighted by molar-refractivity contribution is 0.0977. The number of ether oxygens (including phenoxy) is 2. The van der Waals surface area contributed by atoms with Crippen LogP contribution >= 0.6 is 0 Å². The van der Waals surface area contributed by atoms with Crippen LogP contribution in [0, 0.1) is 0 Å². The molecule has 2 aliphatic heterocycles. The number of morpholine rings is 2. The largest absolute Gasteiger partial charge is 0.378 e. The summed E-state index contributed by atoms with van der Waals surface area (Å²) in [7, 11) is 0. The molecule has 2 heterocycles. The summed E-state index contributed by atoms with van der Waals surface area (Å²) in [6.07, 6.45) is 0. The van der Waals surface area contributed by atoms with Gasteiger partial charge in [0, 0.05) is 48.7 Å². The summed E-state index contributed by atoms with van der Waals surface area (Å²) in [5, 5.41) is 0. The van der Waals surface area contributed by atoms with Crippen molar-refractivity contribution >= 4 is 22.9 Å². The number of carbonyl (C=O) groups excluding carboxylic acids is 2. The molecule has 0 amide bonds. The third-order valence-corrected chi connectivity index (χ3v) is 5.74. The van der Waals surface area contributed by atoms with Gasteiger partial charge in [0.05, 0.1) is 37.6 Å². The molecule has 1 aliphatic carbocycles. The average Bonchev–Trinajstić information content (AvgIpc) is 2.78. The molecule has 3 aliphatic rings. The van der Waals surface area contributed by atoms with E-state index in [1.807, 2.05) is 24.3 Å². The summed E-state index contributed by atoms with van der Waals surface area (Å²) in [6, 6.07) is 11.1. The van der Waals surface area contributed by atoms with Gasteiger partial charge in [-0.1, -0.05) is 24.3 Å². The number of hydrogen-bond donors (Lipinski definition) is 0. The van der Waals surface area contributed by atoms with Crippen molar-refractivity contribution in [1.82, 2.24) is 0 Å². The smallest absolute Gasteiger partial charge is 0.196 e. The fraction of sp³-hybridized carbons (Fsp3) is 0.364. The Morgan fingerprint density at radius 3 is 1.39 bits per heavy atom. The molecule has 2 saturated heterocycles. The molecule has 2 aromatic carbocycles. The zero-order valence-corrected chi connectivity index (χ0v) is 15.6. The van der Waals surface area contributed by atoms with Crippen molar-refractivity contribution in [3.63, 3.8) is 0 Å². The van der Waals surface area contributed by atoms with Crippen LogP contribution in [-0.2, 0) is 9.47 Å². The Morgan fingerprint density at radius 1 is 0.607 bits per heavy atom. The van der Waals surface area contributed by atoms with Gasteiger partial charge in [0.2, 0.25) is 0 Å². The van der Waals surface area contributed by atoms with E-state index in [9.17, 15) is 9.59 Å². The van der Waals surface area contributed by atoms with Crippen LogP contribution in [0.4, 0.5) is 11.4 Å². The van der Waals surface area contributed by atoms with Crippen LogP contribution in [0.25, 0.3) is 0 Å². The van der Waals surface area contributed by atoms with Gasteiger partial charge in [-0.25, -0.2) is 0 Å². The van der Waals surface area contributed by atoms with Crippen molar-refractivity contribution in [2.75, 3.05) is 62.4 Å². The molecule has 0 aromatic heterocycles. The summed E-state index contributed by atoms with van der Waals surface area (Å²) in [5.74, 6) is -0.136. The summed E-state index contributed by atoms with van der Waals surface area (Å²) in [4.78, 5) is 31.3. The van der Waals surface area contributed by atoms with Gasteiger partial charge in [-0.2, -0.15) is 0 Å². The molecule has 144 valence electrons. The normalized spacial score (nSPS) is 19.4. The number of benzene rings is 2. The quantitative estimate of drug-likeness (QED) is 0.681. The van der Waals surface area contributed by atoms with Crippen LogP contribution in [0.15, 0.2) is 36.4 Å². The van der Waals surface area contributed by atoms with Crippen molar-refractivity contribution in [3.05, 3.63) is 58.7 Å². The summed E-state index contributed by atoms with van der Waals surface area (Å²) < 4.78 is 10.9. The standard InChI is InChI=1S/C22H22N2O4/c25-21-15-3-1-2-4-16(15)22(26)20-18(24-9-13-28-14-10-24)6-5-17(19(20)21)23-7-11-27-12-8-23/h1-6H,7-14H2. The lowest BCUT2D eigenvalue weighted by atomic mass is 9.81. The first-order valence-electron chi connectivity index (χ1n) is 9.76. The van der Waals surface area contributed by atoms with Crippen molar-refractivity contribution in [3.8, 4) is 0 Å². The molecule has 6 nitrogen and oxygen atoms in total. The minimum atomic E-state index is -0.0678. The van der Waals surface area contributed by atoms with Crippen LogP contribution in [0.5, 0.6) is 0 Å². The van der Waals surface area contributed by atoms with Gasteiger partial charge in [-0.05, 0) is 12.1 Å². The van der Waals surface area contributed by atoms with E-state index in [0.717, 1.165) is 11.4 Å². The van der Waals surface area contributed by atoms with Crippen LogP contribution in [0.3, 0.4) is 0 Å². The molecule has 0 bridgehead atoms. The lowest BCUT2D eigenvalue weighted by Gasteiger charge is -2.35. The maximum atomic E-state index is 13.5. The van der Waals surface area contributed by atoms with Gasteiger partial charge < -0.3 is 19.3 Å². The predicted octanol–water partition coefficient (Wildman–Crippen LogP) is 2.14. The van der Waals surface area contributed by atoms with Gasteiger partial charge in [0.25, 0.3) is 0 Å². The van der Waals surface area contributed by atoms with E-state index < -0.39 is 0 Å². The van der Waals surface area contributed by atoms with Crippen molar-refractivity contribution in [2.45, 2.75) is 0 Å². The van der Waals surface area contributed by atoms with Crippen LogP contribution < -0.4 is 9.80 Å². The molecular weight excluding hydrogens is 356 g/mol. The topological polar surface area (TPSA) is 59.1 Å². The first kappa shape index (κ1) is 17.4. The number of carbonyl (C=O) groups is 2. The third-order valence-electron chi connectivity index (χ3n) is 5.74. The maximum Gasteiger partial charge on any atom is 0.196 e. The van der Waals surface area contributed by atoms with Gasteiger partial charge >= 0.3 is 0 Å². The SMILES string of the molecule is O=C1c2ccccc2C(=O)c2c(N3CCOCC3)ccc(N3CCOCC3)c21. The van der Waals surface area contributed by atoms with Crippen LogP contribution in [0.1, 0.15) is 31.8 Å². The fourth-order valence-electron chi connectivity index (χ4n) is 4.32. The molecule has 6 heteroatoms. The van der Waals surface area contributed by atoms with E-state index in [0.29, 0.717) is 74.9 Å². The zero-order chi connectivity index (χ0) is 19.1. The highest BCUT2D eigenvalue weighted by Gasteiger charge is 2.36. The number of rotatable bonds is 2. The number of hydrogen-bond acceptors (Lipinski definition) is 6. The van der Waals surface area contributed by atoms with E-state index in [1.165, 1.54) is 0 Å². The molecule has 0 unspecified atom stereocenters. The van der Waals surface area contributed by atoms with Crippen LogP contribution in [-0.4, -0.2) is 64.2 Å². The van der Waals surface area contributed by atoms with E-state index in [4.69, 9.17) is 9.47 Å². The Hall–Kier alpha value is -2.70. The molecule has 2 aromatic rings. The summed E-state index contributed by atoms with van der Waals surface area (Å²) in [5.41, 5.74) is 3.73. The van der Waals surface area contributed by atoms with Gasteiger partial charge in [0.1, 0.15) is 0 Å². The number of fused-ring (bicyclic) bond motifs is 2. The molecule has 0 spiro atoms. The number of nitrogens with zero attached hydrogens (tertiary/aromatic N) is 2. The first-order chi connectivity index (χ1) is 13.8. The molecule has 0 radical (unpaired) electrons. The minimum absolute atomic E-state index is 0.0678. The molecule has 0 atom stereocenters. The second-order valence-electron chi connectivity index (χ2n) is 7.26. The molecule has 2 fully saturated rings. The van der Waals surface area contributed by atoms with E-state index in [2.05, 4.69) is 9.80 Å². The summed E-state index contributed by atoms with van der Waals surface area (Å²) in [6.45, 7) is 5.35. The highest BCUT2D eigenvalue weighted by Crippen LogP contribution is 2.39.